The number of ketones is 1. The van der Waals surface area contributed by atoms with Crippen LogP contribution in [0.4, 0.5) is 0 Å². The molecule has 0 radical (unpaired) electrons. The number of rotatable bonds is 14. The standard InChI is InChI=1S/C10H10O3.2C9H10O2.C8H7NO5.C6H7NO2.C4H4N2O2S.C3H6O2.3CH4/c1-7(11)5-8-3-2-4-9(6-8)10(12)13;1-2-7-3-5-8(6-4-7)9(10)11;1-2-7-4-3-5-8(6-7)9(10)11;10-8(11)7-4-2-1-3-6(7)5-14-9(12)13;1-4-5(6(8)9)2-3-7-4;1-2-3(4(7)8)5-6-9-2;1-2-3(4)5;;;/h2-4,6H,5H2,1H3,(H,12,13);2*3-6H,2H2,1H3,(H,10,11);1-4H,5H2,(H,10,11);2H,3H2,1H3,(H,8,9);1H3,(H,7,8);2H2,1H3,(H,4,5);3*1H4. The first-order valence-electron chi connectivity index (χ1n) is 21.1. The normalized spacial score (nSPS) is 9.89. The lowest BCUT2D eigenvalue weighted by Gasteiger charge is -2.03. The summed E-state index contributed by atoms with van der Waals surface area (Å²) >= 11 is 1.09. The lowest BCUT2D eigenvalue weighted by molar-refractivity contribution is -0.763. The van der Waals surface area contributed by atoms with Crippen molar-refractivity contribution in [1.29, 1.82) is 0 Å². The Morgan fingerprint density at radius 3 is 1.47 bits per heavy atom. The van der Waals surface area contributed by atoms with E-state index in [1.54, 1.807) is 81.4 Å². The molecule has 0 atom stereocenters. The lowest BCUT2D eigenvalue weighted by Crippen LogP contribution is -2.06. The van der Waals surface area contributed by atoms with Crippen molar-refractivity contribution < 1.29 is 84.0 Å². The predicted molar refractivity (Wildman–Crippen MR) is 282 cm³/mol. The van der Waals surface area contributed by atoms with Gasteiger partial charge in [-0.05, 0) is 116 Å². The van der Waals surface area contributed by atoms with Crippen LogP contribution >= 0.6 is 11.5 Å². The number of Topliss-reactive ketones (excluding diaryl/α,β-unsaturated/α-hetero) is 1. The fourth-order valence-corrected chi connectivity index (χ4v) is 5.52. The fourth-order valence-electron chi connectivity index (χ4n) is 5.06. The first kappa shape index (κ1) is 72.6. The molecule has 0 saturated heterocycles. The van der Waals surface area contributed by atoms with E-state index in [2.05, 4.69) is 19.4 Å². The van der Waals surface area contributed by atoms with Crippen molar-refractivity contribution in [2.45, 2.75) is 96.1 Å². The third-order valence-electron chi connectivity index (χ3n) is 8.79. The van der Waals surface area contributed by atoms with Gasteiger partial charge in [0, 0.05) is 18.6 Å². The van der Waals surface area contributed by atoms with Gasteiger partial charge in [0.2, 0.25) is 0 Å². The van der Waals surface area contributed by atoms with Crippen molar-refractivity contribution in [2.75, 3.05) is 6.54 Å². The van der Waals surface area contributed by atoms with Gasteiger partial charge in [-0.15, -0.1) is 15.2 Å². The van der Waals surface area contributed by atoms with Crippen LogP contribution in [0.25, 0.3) is 0 Å². The van der Waals surface area contributed by atoms with Gasteiger partial charge < -0.3 is 40.6 Å². The highest BCUT2D eigenvalue weighted by Crippen LogP contribution is 2.11. The van der Waals surface area contributed by atoms with Gasteiger partial charge in [0.15, 0.2) is 5.69 Å². The number of carbonyl (C=O) groups is 8. The summed E-state index contributed by atoms with van der Waals surface area (Å²) in [6.45, 7) is 10.7. The van der Waals surface area contributed by atoms with Gasteiger partial charge in [-0.2, -0.15) is 0 Å². The SMILES string of the molecule is C.C.C.CC(=O)Cc1cccc(C(=O)O)c1.CC1=NCC=C1C(=O)O.CCC(=O)O.CCc1ccc(C(=O)O)cc1.CCc1cccc(C(=O)O)c1.Cc1snnc1C(=O)O.O=C(O)c1ccccc1CO[N+](=O)[O-]. The number of carbonyl (C=O) groups excluding carboxylic acids is 1. The van der Waals surface area contributed by atoms with Gasteiger partial charge in [-0.25, -0.2) is 28.8 Å². The molecule has 1 aliphatic heterocycles. The summed E-state index contributed by atoms with van der Waals surface area (Å²) in [6, 6.07) is 26.3. The van der Waals surface area contributed by atoms with Crippen molar-refractivity contribution in [2.24, 2.45) is 4.99 Å². The molecule has 0 unspecified atom stereocenters. The Morgan fingerprint density at radius 2 is 1.12 bits per heavy atom. The molecule has 75 heavy (non-hydrogen) atoms. The van der Waals surface area contributed by atoms with Gasteiger partial charge in [0.25, 0.3) is 5.09 Å². The van der Waals surface area contributed by atoms with Crippen LogP contribution in [-0.2, 0) is 45.1 Å². The zero-order chi connectivity index (χ0) is 54.9. The topological polar surface area (TPSA) is 369 Å². The summed E-state index contributed by atoms with van der Waals surface area (Å²) in [5, 5.41) is 71.3. The molecular weight excluding hydrogens is 1000 g/mol. The summed E-state index contributed by atoms with van der Waals surface area (Å²) < 4.78 is 3.45. The van der Waals surface area contributed by atoms with E-state index in [1.165, 1.54) is 31.2 Å². The minimum absolute atomic E-state index is 0. The Bertz CT molecular complexity index is 2700. The first-order chi connectivity index (χ1) is 33.9. The van der Waals surface area contributed by atoms with Gasteiger partial charge in [0.05, 0.1) is 39.2 Å². The molecule has 0 amide bonds. The maximum Gasteiger partial charge on any atom is 0.357 e. The number of aliphatic carboxylic acids is 2. The van der Waals surface area contributed by atoms with Crippen LogP contribution in [0.15, 0.2) is 114 Å². The van der Waals surface area contributed by atoms with Crippen molar-refractivity contribution in [3.05, 3.63) is 174 Å². The van der Waals surface area contributed by atoms with E-state index < -0.39 is 46.9 Å². The monoisotopic (exact) mass is 1070 g/mol. The molecular formula is C52H66N4O18S. The van der Waals surface area contributed by atoms with Crippen LogP contribution < -0.4 is 0 Å². The summed E-state index contributed by atoms with van der Waals surface area (Å²) in [4.78, 5) is 101. The Hall–Kier alpha value is -8.99. The number of hydrogen-bond acceptors (Lipinski definition) is 15. The summed E-state index contributed by atoms with van der Waals surface area (Å²) in [5.41, 5.74) is 5.21. The molecule has 6 rings (SSSR count). The molecule has 5 aromatic rings. The van der Waals surface area contributed by atoms with Crippen LogP contribution in [-0.4, -0.2) is 110 Å². The van der Waals surface area contributed by atoms with Crippen LogP contribution in [0.1, 0.15) is 142 Å². The van der Waals surface area contributed by atoms with Gasteiger partial charge in [-0.3, -0.25) is 14.6 Å². The molecule has 2 heterocycles. The molecule has 408 valence electrons. The zero-order valence-electron chi connectivity index (χ0n) is 39.9. The third-order valence-corrected chi connectivity index (χ3v) is 9.42. The highest BCUT2D eigenvalue weighted by molar-refractivity contribution is 7.05. The number of carboxylic acids is 7. The molecule has 1 aliphatic rings. The predicted octanol–water partition coefficient (Wildman–Crippen LogP) is 9.91. The molecule has 0 saturated carbocycles. The molecule has 0 aliphatic carbocycles. The maximum atomic E-state index is 10.7. The summed E-state index contributed by atoms with van der Waals surface area (Å²) in [5.74, 6) is -6.44. The van der Waals surface area contributed by atoms with Crippen LogP contribution in [0.3, 0.4) is 0 Å². The second-order valence-corrected chi connectivity index (χ2v) is 15.1. The average molecular weight is 1070 g/mol. The van der Waals surface area contributed by atoms with E-state index in [9.17, 15) is 48.5 Å². The van der Waals surface area contributed by atoms with Crippen molar-refractivity contribution in [1.82, 2.24) is 9.59 Å². The number of hydrogen-bond donors (Lipinski definition) is 7. The smallest absolute Gasteiger partial charge is 0.357 e. The van der Waals surface area contributed by atoms with Gasteiger partial charge >= 0.3 is 41.8 Å². The number of nitrogens with zero attached hydrogens (tertiary/aromatic N) is 4. The zero-order valence-corrected chi connectivity index (χ0v) is 40.7. The highest BCUT2D eigenvalue weighted by Gasteiger charge is 2.14. The summed E-state index contributed by atoms with van der Waals surface area (Å²) in [7, 11) is 0. The van der Waals surface area contributed by atoms with Gasteiger partial charge in [0.1, 0.15) is 12.4 Å². The lowest BCUT2D eigenvalue weighted by atomic mass is 10.1. The second-order valence-electron chi connectivity index (χ2n) is 14.1. The number of aromatic carboxylic acids is 5. The van der Waals surface area contributed by atoms with Crippen molar-refractivity contribution >= 4 is 64.8 Å². The van der Waals surface area contributed by atoms with E-state index in [1.807, 2.05) is 32.0 Å². The number of carboxylic acid groups (broad SMARTS) is 7. The summed E-state index contributed by atoms with van der Waals surface area (Å²) in [6.07, 6.45) is 3.94. The van der Waals surface area contributed by atoms with Crippen LogP contribution in [0.2, 0.25) is 0 Å². The van der Waals surface area contributed by atoms with Gasteiger partial charge in [-0.1, -0.05) is 102 Å². The molecule has 7 N–H and O–H groups in total. The largest absolute Gasteiger partial charge is 0.481 e. The minimum Gasteiger partial charge on any atom is -0.481 e. The minimum atomic E-state index is -1.13. The third kappa shape index (κ3) is 31.2. The molecule has 22 nitrogen and oxygen atoms in total. The first-order valence-corrected chi connectivity index (χ1v) is 21.9. The Kier molecular flexibility index (Phi) is 38.3. The Balaban J connectivity index is -0.000000395. The highest BCUT2D eigenvalue weighted by atomic mass is 32.1. The van der Waals surface area contributed by atoms with E-state index in [0.29, 0.717) is 40.3 Å². The van der Waals surface area contributed by atoms with Crippen LogP contribution in [0.5, 0.6) is 0 Å². The molecule has 1 aromatic heterocycles. The second kappa shape index (κ2) is 39.6. The van der Waals surface area contributed by atoms with Crippen LogP contribution in [0, 0.1) is 17.0 Å². The Labute approximate surface area is 438 Å². The average Bonchev–Trinajstić information content (AvgIpc) is 3.99. The van der Waals surface area contributed by atoms with E-state index in [-0.39, 0.29) is 63.5 Å². The molecule has 0 fully saturated rings. The maximum absolute atomic E-state index is 10.7. The van der Waals surface area contributed by atoms with E-state index >= 15 is 0 Å². The number of aliphatic imine (C=N–C) groups is 1. The molecule has 4 aromatic carbocycles. The molecule has 0 spiro atoms. The van der Waals surface area contributed by atoms with Crippen molar-refractivity contribution in [3.63, 3.8) is 0 Å². The van der Waals surface area contributed by atoms with E-state index in [4.69, 9.17) is 35.7 Å². The quantitative estimate of drug-likeness (QED) is 0.0401. The molecule has 0 bridgehead atoms. The van der Waals surface area contributed by atoms with Crippen molar-refractivity contribution in [3.8, 4) is 0 Å². The number of aryl methyl sites for hydroxylation is 3. The number of benzene rings is 4. The number of aromatic nitrogens is 2. The van der Waals surface area contributed by atoms with E-state index in [0.717, 1.165) is 41.1 Å². The Morgan fingerprint density at radius 1 is 0.627 bits per heavy atom. The molecule has 23 heteroatoms. The fraction of sp³-hybridized carbons (Fsp3) is 0.288.